The van der Waals surface area contributed by atoms with Gasteiger partial charge in [-0.25, -0.2) is 4.79 Å². The molecule has 3 heterocycles. The summed E-state index contributed by atoms with van der Waals surface area (Å²) in [6.45, 7) is 4.15. The Bertz CT molecular complexity index is 1020. The molecule has 1 saturated carbocycles. The van der Waals surface area contributed by atoms with Crippen LogP contribution in [0.4, 0.5) is 10.5 Å². The molecule has 3 aliphatic heterocycles. The van der Waals surface area contributed by atoms with Crippen LogP contribution in [0.25, 0.3) is 5.57 Å². The number of amides is 1. The number of allylic oxidation sites excluding steroid dienone is 1. The summed E-state index contributed by atoms with van der Waals surface area (Å²) in [7, 11) is 0. The predicted molar refractivity (Wildman–Crippen MR) is 120 cm³/mol. The Balaban J connectivity index is 1.11. The molecule has 1 amide bonds. The highest BCUT2D eigenvalue weighted by molar-refractivity contribution is 5.90. The molecular formula is C26H28N2O3. The van der Waals surface area contributed by atoms with Crippen LogP contribution >= 0.6 is 0 Å². The van der Waals surface area contributed by atoms with E-state index in [1.54, 1.807) is 4.90 Å². The number of likely N-dealkylation sites (tertiary alicyclic amines) is 1. The zero-order valence-corrected chi connectivity index (χ0v) is 17.8. The fourth-order valence-corrected chi connectivity index (χ4v) is 5.21. The van der Waals surface area contributed by atoms with Crippen molar-refractivity contribution in [2.24, 2.45) is 5.92 Å². The van der Waals surface area contributed by atoms with Crippen LogP contribution in [-0.4, -0.2) is 42.8 Å². The molecule has 3 fully saturated rings. The van der Waals surface area contributed by atoms with Crippen molar-refractivity contribution < 1.29 is 14.3 Å². The van der Waals surface area contributed by atoms with Crippen molar-refractivity contribution in [1.82, 2.24) is 4.90 Å². The first-order chi connectivity index (χ1) is 15.2. The van der Waals surface area contributed by atoms with Gasteiger partial charge in [0.05, 0.1) is 6.54 Å². The number of para-hydroxylation sites is 1. The van der Waals surface area contributed by atoms with E-state index in [2.05, 4.69) is 29.2 Å². The molecule has 2 aromatic carbocycles. The first-order valence-corrected chi connectivity index (χ1v) is 11.4. The predicted octanol–water partition coefficient (Wildman–Crippen LogP) is 4.86. The highest BCUT2D eigenvalue weighted by Crippen LogP contribution is 2.46. The topological polar surface area (TPSA) is 42.0 Å². The Morgan fingerprint density at radius 3 is 2.61 bits per heavy atom. The monoisotopic (exact) mass is 416 g/mol. The average Bonchev–Trinajstić information content (AvgIpc) is 3.60. The van der Waals surface area contributed by atoms with Crippen LogP contribution in [0.3, 0.4) is 0 Å². The lowest BCUT2D eigenvalue weighted by Crippen LogP contribution is -2.46. The number of hydrogen-bond donors (Lipinski definition) is 0. The molecule has 31 heavy (non-hydrogen) atoms. The molecule has 5 nitrogen and oxygen atoms in total. The number of rotatable bonds is 4. The van der Waals surface area contributed by atoms with Gasteiger partial charge in [-0.05, 0) is 60.2 Å². The van der Waals surface area contributed by atoms with E-state index in [4.69, 9.17) is 9.47 Å². The molecule has 0 radical (unpaired) electrons. The molecule has 0 N–H and O–H groups in total. The van der Waals surface area contributed by atoms with Crippen LogP contribution in [0, 0.1) is 5.92 Å². The van der Waals surface area contributed by atoms with E-state index in [9.17, 15) is 4.79 Å². The van der Waals surface area contributed by atoms with E-state index in [0.29, 0.717) is 13.2 Å². The Morgan fingerprint density at radius 2 is 1.84 bits per heavy atom. The van der Waals surface area contributed by atoms with Gasteiger partial charge in [-0.1, -0.05) is 24.3 Å². The van der Waals surface area contributed by atoms with Gasteiger partial charge >= 0.3 is 6.09 Å². The van der Waals surface area contributed by atoms with Crippen molar-refractivity contribution in [2.45, 2.75) is 37.8 Å². The third-order valence-electron chi connectivity index (χ3n) is 7.13. The molecule has 0 unspecified atom stereocenters. The van der Waals surface area contributed by atoms with Crippen molar-refractivity contribution in [3.05, 3.63) is 65.7 Å². The zero-order valence-electron chi connectivity index (χ0n) is 17.8. The quantitative estimate of drug-likeness (QED) is 0.714. The normalized spacial score (nSPS) is 22.6. The maximum absolute atomic E-state index is 12.5. The van der Waals surface area contributed by atoms with Crippen LogP contribution in [0.2, 0.25) is 0 Å². The molecule has 2 aromatic rings. The van der Waals surface area contributed by atoms with Gasteiger partial charge in [0.1, 0.15) is 18.0 Å². The summed E-state index contributed by atoms with van der Waals surface area (Å²) in [5.74, 6) is 1.77. The molecule has 2 saturated heterocycles. The van der Waals surface area contributed by atoms with E-state index in [1.807, 2.05) is 30.3 Å². The van der Waals surface area contributed by atoms with E-state index in [0.717, 1.165) is 49.8 Å². The number of carbonyl (C=O) groups is 1. The van der Waals surface area contributed by atoms with Gasteiger partial charge in [-0.15, -0.1) is 0 Å². The first kappa shape index (κ1) is 18.9. The zero-order chi connectivity index (χ0) is 20.8. The fourth-order valence-electron chi connectivity index (χ4n) is 5.21. The van der Waals surface area contributed by atoms with E-state index < -0.39 is 0 Å². The summed E-state index contributed by atoms with van der Waals surface area (Å²) in [6.07, 6.45) is 6.42. The summed E-state index contributed by atoms with van der Waals surface area (Å²) in [4.78, 5) is 16.8. The van der Waals surface area contributed by atoms with Crippen molar-refractivity contribution in [3.8, 4) is 5.75 Å². The van der Waals surface area contributed by atoms with Gasteiger partial charge in [-0.2, -0.15) is 0 Å². The molecule has 4 aliphatic rings. The number of anilines is 1. The highest BCUT2D eigenvalue weighted by atomic mass is 16.6. The lowest BCUT2D eigenvalue weighted by molar-refractivity contribution is -0.000973. The molecule has 1 aliphatic carbocycles. The van der Waals surface area contributed by atoms with Crippen molar-refractivity contribution in [3.63, 3.8) is 0 Å². The molecule has 0 atom stereocenters. The average molecular weight is 417 g/mol. The first-order valence-electron chi connectivity index (χ1n) is 11.4. The SMILES string of the molecule is O=C1OC2(CCN(Cc3ccc4c(c3)C(C3CC3)=CCO4)CC2)CN1c1ccccc1. The molecule has 1 spiro atoms. The lowest BCUT2D eigenvalue weighted by Gasteiger charge is -2.37. The molecule has 160 valence electrons. The Kier molecular flexibility index (Phi) is 4.53. The summed E-state index contributed by atoms with van der Waals surface area (Å²) >= 11 is 0. The summed E-state index contributed by atoms with van der Waals surface area (Å²) in [5, 5.41) is 0. The molecule has 0 bridgehead atoms. The number of ether oxygens (including phenoxy) is 2. The summed E-state index contributed by atoms with van der Waals surface area (Å²) in [6, 6.07) is 16.5. The number of benzene rings is 2. The van der Waals surface area contributed by atoms with Gasteiger partial charge in [0.25, 0.3) is 0 Å². The van der Waals surface area contributed by atoms with E-state index in [1.165, 1.54) is 29.5 Å². The van der Waals surface area contributed by atoms with Crippen LogP contribution in [-0.2, 0) is 11.3 Å². The summed E-state index contributed by atoms with van der Waals surface area (Å²) in [5.41, 5.74) is 4.68. The number of fused-ring (bicyclic) bond motifs is 1. The number of carbonyl (C=O) groups excluding carboxylic acids is 1. The van der Waals surface area contributed by atoms with Crippen molar-refractivity contribution in [1.29, 1.82) is 0 Å². The second-order valence-electron chi connectivity index (χ2n) is 9.32. The largest absolute Gasteiger partial charge is 0.489 e. The van der Waals surface area contributed by atoms with Crippen LogP contribution < -0.4 is 9.64 Å². The Hall–Kier alpha value is -2.79. The molecular weight excluding hydrogens is 388 g/mol. The third-order valence-corrected chi connectivity index (χ3v) is 7.13. The second kappa shape index (κ2) is 7.41. The van der Waals surface area contributed by atoms with Crippen LogP contribution in [0.15, 0.2) is 54.6 Å². The minimum absolute atomic E-state index is 0.214. The summed E-state index contributed by atoms with van der Waals surface area (Å²) < 4.78 is 11.8. The fraction of sp³-hybridized carbons (Fsp3) is 0.423. The minimum Gasteiger partial charge on any atom is -0.489 e. The lowest BCUT2D eigenvalue weighted by atomic mass is 9.90. The third kappa shape index (κ3) is 3.61. The minimum atomic E-state index is -0.352. The van der Waals surface area contributed by atoms with Gasteiger partial charge in [0.15, 0.2) is 0 Å². The maximum atomic E-state index is 12.5. The van der Waals surface area contributed by atoms with Gasteiger partial charge in [0, 0.05) is 43.7 Å². The molecule has 6 rings (SSSR count). The van der Waals surface area contributed by atoms with Gasteiger partial charge in [-0.3, -0.25) is 9.80 Å². The maximum Gasteiger partial charge on any atom is 0.415 e. The number of piperidine rings is 1. The standard InChI is InChI=1S/C26H28N2O3/c29-25-28(21-4-2-1-3-5-21)18-26(31-25)11-13-27(14-12-26)17-19-6-9-24-23(16-19)22(10-15-30-24)20-7-8-20/h1-6,9-10,16,20H,7-8,11-15,17-18H2. The van der Waals surface area contributed by atoms with Gasteiger partial charge in [0.2, 0.25) is 0 Å². The Morgan fingerprint density at radius 1 is 1.03 bits per heavy atom. The van der Waals surface area contributed by atoms with Gasteiger partial charge < -0.3 is 9.47 Å². The smallest absolute Gasteiger partial charge is 0.415 e. The molecule has 5 heteroatoms. The van der Waals surface area contributed by atoms with Crippen molar-refractivity contribution >= 4 is 17.4 Å². The number of nitrogens with zero attached hydrogens (tertiary/aromatic N) is 2. The van der Waals surface area contributed by atoms with Crippen LogP contribution in [0.1, 0.15) is 36.8 Å². The van der Waals surface area contributed by atoms with Crippen molar-refractivity contribution in [2.75, 3.05) is 31.1 Å². The number of hydrogen-bond acceptors (Lipinski definition) is 4. The van der Waals surface area contributed by atoms with E-state index in [-0.39, 0.29) is 11.7 Å². The second-order valence-corrected chi connectivity index (χ2v) is 9.32. The Labute approximate surface area is 183 Å². The molecule has 0 aromatic heterocycles. The van der Waals surface area contributed by atoms with E-state index >= 15 is 0 Å². The van der Waals surface area contributed by atoms with Crippen LogP contribution in [0.5, 0.6) is 5.75 Å². The highest BCUT2D eigenvalue weighted by Gasteiger charge is 2.47.